The number of carbonyl (C=O) groups is 4. The summed E-state index contributed by atoms with van der Waals surface area (Å²) >= 11 is 0. The average molecular weight is 771 g/mol. The number of esters is 2. The quantitative estimate of drug-likeness (QED) is 0.0261. The fraction of sp³-hybridized carbons (Fsp3) is 0.886. The van der Waals surface area contributed by atoms with Crippen LogP contribution < -0.4 is 21.3 Å². The van der Waals surface area contributed by atoms with Gasteiger partial charge in [-0.2, -0.15) is 0 Å². The van der Waals surface area contributed by atoms with Crippen LogP contribution in [0.5, 0.6) is 0 Å². The Bertz CT molecular complexity index is 950. The van der Waals surface area contributed by atoms with E-state index >= 15 is 0 Å². The summed E-state index contributed by atoms with van der Waals surface area (Å²) in [5.41, 5.74) is 0. The van der Waals surface area contributed by atoms with Crippen molar-refractivity contribution in [3.05, 3.63) is 0 Å². The van der Waals surface area contributed by atoms with Crippen LogP contribution in [-0.2, 0) is 28.7 Å². The first-order valence-electron chi connectivity index (χ1n) is 18.7. The third-order valence-electron chi connectivity index (χ3n) is 8.47. The summed E-state index contributed by atoms with van der Waals surface area (Å²) in [6, 6.07) is 0. The molecular formula is C35H70N4O14. The monoisotopic (exact) mass is 770 g/mol. The van der Waals surface area contributed by atoms with Crippen molar-refractivity contribution in [2.45, 2.75) is 145 Å². The van der Waals surface area contributed by atoms with Gasteiger partial charge in [0.15, 0.2) is 24.4 Å². The van der Waals surface area contributed by atoms with Crippen LogP contribution in [0.3, 0.4) is 0 Å². The van der Waals surface area contributed by atoms with Gasteiger partial charge in [-0.05, 0) is 52.9 Å². The third-order valence-corrected chi connectivity index (χ3v) is 8.47. The highest BCUT2D eigenvalue weighted by Gasteiger charge is 2.39. The molecule has 8 atom stereocenters. The Balaban J connectivity index is 0. The van der Waals surface area contributed by atoms with Gasteiger partial charge in [0.25, 0.3) is 11.8 Å². The maximum Gasteiger partial charge on any atom is 0.337 e. The van der Waals surface area contributed by atoms with Crippen LogP contribution in [0.1, 0.15) is 96.3 Å². The zero-order chi connectivity index (χ0) is 40.6. The van der Waals surface area contributed by atoms with Crippen molar-refractivity contribution in [1.82, 2.24) is 21.3 Å². The second kappa shape index (κ2) is 34.0. The van der Waals surface area contributed by atoms with Gasteiger partial charge in [-0.25, -0.2) is 9.59 Å². The Morgan fingerprint density at radius 3 is 0.868 bits per heavy atom. The van der Waals surface area contributed by atoms with Gasteiger partial charge in [-0.15, -0.1) is 0 Å². The van der Waals surface area contributed by atoms with Crippen molar-refractivity contribution in [3.63, 3.8) is 0 Å². The molecule has 0 aliphatic carbocycles. The van der Waals surface area contributed by atoms with Crippen molar-refractivity contribution < 1.29 is 69.5 Å². The predicted octanol–water partition coefficient (Wildman–Crippen LogP) is -2.27. The van der Waals surface area contributed by atoms with Crippen LogP contribution in [0.2, 0.25) is 0 Å². The van der Waals surface area contributed by atoms with E-state index in [0.717, 1.165) is 91.5 Å². The van der Waals surface area contributed by atoms with E-state index in [1.165, 1.54) is 32.1 Å². The zero-order valence-corrected chi connectivity index (χ0v) is 32.1. The van der Waals surface area contributed by atoms with E-state index in [1.54, 1.807) is 0 Å². The van der Waals surface area contributed by atoms with Gasteiger partial charge < -0.3 is 71.6 Å². The van der Waals surface area contributed by atoms with Crippen LogP contribution >= 0.6 is 0 Å². The second-order valence-electron chi connectivity index (χ2n) is 12.9. The van der Waals surface area contributed by atoms with Gasteiger partial charge in [0, 0.05) is 13.1 Å². The van der Waals surface area contributed by atoms with Crippen LogP contribution in [0.4, 0.5) is 0 Å². The summed E-state index contributed by atoms with van der Waals surface area (Å²) in [5.74, 6) is -4.09. The molecule has 0 spiro atoms. The minimum atomic E-state index is -2.05. The van der Waals surface area contributed by atoms with Crippen molar-refractivity contribution in [3.8, 4) is 0 Å². The van der Waals surface area contributed by atoms with Gasteiger partial charge >= 0.3 is 11.9 Å². The maximum atomic E-state index is 11.8. The van der Waals surface area contributed by atoms with E-state index in [9.17, 15) is 60.0 Å². The molecule has 0 saturated carbocycles. The number of amides is 2. The summed E-state index contributed by atoms with van der Waals surface area (Å²) in [7, 11) is 5.88. The number of hydrogen-bond donors (Lipinski definition) is 12. The Morgan fingerprint density at radius 2 is 0.623 bits per heavy atom. The number of carbonyl (C=O) groups excluding carboxylic acids is 4. The second-order valence-corrected chi connectivity index (χ2v) is 12.9. The van der Waals surface area contributed by atoms with E-state index in [0.29, 0.717) is 13.1 Å². The smallest absolute Gasteiger partial charge is 0.337 e. The normalized spacial score (nSPS) is 15.7. The molecule has 0 aromatic rings. The van der Waals surface area contributed by atoms with Crippen LogP contribution in [0.15, 0.2) is 0 Å². The van der Waals surface area contributed by atoms with Gasteiger partial charge in [-0.3, -0.25) is 9.59 Å². The van der Waals surface area contributed by atoms with Crippen LogP contribution in [0, 0.1) is 0 Å². The summed E-state index contributed by atoms with van der Waals surface area (Å²) in [5, 5.41) is 88.1. The lowest BCUT2D eigenvalue weighted by atomic mass is 10.0. The minimum absolute atomic E-state index is 0.328. The number of unbranched alkanes of at least 4 members (excludes halogenated alkanes) is 13. The fourth-order valence-electron chi connectivity index (χ4n) is 5.01. The van der Waals surface area contributed by atoms with E-state index < -0.39 is 72.6 Å². The molecule has 0 aliphatic heterocycles. The van der Waals surface area contributed by atoms with Gasteiger partial charge in [0.2, 0.25) is 0 Å². The highest BCUT2D eigenvalue weighted by molar-refractivity contribution is 5.82. The molecule has 18 nitrogen and oxygen atoms in total. The molecular weight excluding hydrogens is 700 g/mol. The lowest BCUT2D eigenvalue weighted by Crippen LogP contribution is -2.52. The molecule has 18 heteroatoms. The molecule has 0 fully saturated rings. The van der Waals surface area contributed by atoms with Crippen LogP contribution in [-0.4, -0.2) is 168 Å². The van der Waals surface area contributed by atoms with Crippen LogP contribution in [0.25, 0.3) is 0 Å². The number of methoxy groups -OCH3 is 2. The standard InChI is InChI=1S/C19H38N2O7.C16H32N2O7/c1-20-12-10-8-6-4-3-5-7-9-11-13-21-18(26)16(24)14(22)15(23)17(25)19(27)28-2;1-17-9-7-5-3-4-6-8-10-18-15(23)13(21)11(19)12(20)14(22)16(24)25-2/h14-17,20,22-25H,3-13H2,1-2H3,(H,21,26);11-14,17,19-22H,3-10H2,1-2H3,(H,18,23)/t14-,15-,16-,17+;11-,12-,13-,14+/m00/s1. The number of hydrogen-bond acceptors (Lipinski definition) is 16. The van der Waals surface area contributed by atoms with Crippen molar-refractivity contribution in [2.24, 2.45) is 0 Å². The lowest BCUT2D eigenvalue weighted by Gasteiger charge is -2.24. The van der Waals surface area contributed by atoms with Crippen molar-refractivity contribution in [1.29, 1.82) is 0 Å². The molecule has 0 aromatic carbocycles. The molecule has 0 bridgehead atoms. The number of nitrogens with one attached hydrogen (secondary N) is 4. The molecule has 53 heavy (non-hydrogen) atoms. The molecule has 0 saturated heterocycles. The first-order valence-corrected chi connectivity index (χ1v) is 18.7. The van der Waals surface area contributed by atoms with Gasteiger partial charge in [-0.1, -0.05) is 70.6 Å². The van der Waals surface area contributed by atoms with E-state index in [-0.39, 0.29) is 0 Å². The number of aliphatic hydroxyl groups excluding tert-OH is 8. The van der Waals surface area contributed by atoms with E-state index in [1.807, 2.05) is 14.1 Å². The van der Waals surface area contributed by atoms with Crippen molar-refractivity contribution >= 4 is 23.8 Å². The Kier molecular flexibility index (Phi) is 33.7. The summed E-state index contributed by atoms with van der Waals surface area (Å²) < 4.78 is 8.44. The minimum Gasteiger partial charge on any atom is -0.467 e. The van der Waals surface area contributed by atoms with Gasteiger partial charge in [0.1, 0.15) is 24.4 Å². The predicted molar refractivity (Wildman–Crippen MR) is 195 cm³/mol. The highest BCUT2D eigenvalue weighted by atomic mass is 16.5. The molecule has 0 unspecified atom stereocenters. The molecule has 0 aliphatic rings. The topological polar surface area (TPSA) is 297 Å². The van der Waals surface area contributed by atoms with Gasteiger partial charge in [0.05, 0.1) is 14.2 Å². The molecule has 12 N–H and O–H groups in total. The Hall–Kier alpha value is -2.52. The average Bonchev–Trinajstić information content (AvgIpc) is 3.17. The zero-order valence-electron chi connectivity index (χ0n) is 32.1. The molecule has 2 amide bonds. The van der Waals surface area contributed by atoms with Crippen molar-refractivity contribution in [2.75, 3.05) is 54.5 Å². The number of rotatable bonds is 31. The molecule has 0 rings (SSSR count). The summed E-state index contributed by atoms with van der Waals surface area (Å²) in [6.45, 7) is 2.74. The lowest BCUT2D eigenvalue weighted by molar-refractivity contribution is -0.169. The molecule has 0 heterocycles. The molecule has 314 valence electrons. The van der Waals surface area contributed by atoms with E-state index in [4.69, 9.17) is 0 Å². The number of aliphatic hydroxyl groups is 8. The summed E-state index contributed by atoms with van der Waals surface area (Å²) in [6.07, 6.45) is 0.0877. The highest BCUT2D eigenvalue weighted by Crippen LogP contribution is 2.11. The fourth-order valence-corrected chi connectivity index (χ4v) is 5.01. The number of ether oxygens (including phenoxy) is 2. The first kappa shape index (κ1) is 52.6. The molecule has 0 radical (unpaired) electrons. The first-order chi connectivity index (χ1) is 25.2. The summed E-state index contributed by atoms with van der Waals surface area (Å²) in [4.78, 5) is 45.7. The maximum absolute atomic E-state index is 11.8. The molecule has 0 aromatic heterocycles. The third kappa shape index (κ3) is 25.2. The SMILES string of the molecule is CNCCCCCCCCCCCNC(=O)[C@@H](O)[C@@H](O)[C@H](O)[C@@H](O)C(=O)OC.CNCCCCCCCCNC(=O)[C@@H](O)[C@@H](O)[C@H](O)[C@@H](O)C(=O)OC. The Labute approximate surface area is 314 Å². The Morgan fingerprint density at radius 1 is 0.396 bits per heavy atom. The largest absolute Gasteiger partial charge is 0.467 e. The van der Waals surface area contributed by atoms with E-state index in [2.05, 4.69) is 30.7 Å².